The van der Waals surface area contributed by atoms with Gasteiger partial charge in [0.2, 0.25) is 0 Å². The SMILES string of the molecule is O=C(c1nn2c(c1Cl)N[C@@H](c1cccs1)C[C@@H]2C(F)(F)F)N1CCc2ccccc2C1. The van der Waals surface area contributed by atoms with Crippen molar-refractivity contribution in [3.8, 4) is 0 Å². The van der Waals surface area contributed by atoms with Crippen molar-refractivity contribution in [1.82, 2.24) is 14.7 Å². The number of amides is 1. The topological polar surface area (TPSA) is 50.2 Å². The zero-order chi connectivity index (χ0) is 21.8. The van der Waals surface area contributed by atoms with Crippen LogP contribution in [-0.2, 0) is 13.0 Å². The van der Waals surface area contributed by atoms with Crippen molar-refractivity contribution in [2.75, 3.05) is 11.9 Å². The van der Waals surface area contributed by atoms with E-state index in [-0.39, 0.29) is 23.0 Å². The Hall–Kier alpha value is -2.52. The molecule has 0 saturated heterocycles. The lowest BCUT2D eigenvalue weighted by atomic mass is 10.00. The van der Waals surface area contributed by atoms with Crippen LogP contribution in [0.3, 0.4) is 0 Å². The number of aromatic nitrogens is 2. The summed E-state index contributed by atoms with van der Waals surface area (Å²) in [5, 5.41) is 8.88. The molecule has 3 aromatic rings. The minimum absolute atomic E-state index is 0.0365. The fourth-order valence-corrected chi connectivity index (χ4v) is 5.27. The van der Waals surface area contributed by atoms with Crippen LogP contribution in [0.5, 0.6) is 0 Å². The first kappa shape index (κ1) is 20.4. The summed E-state index contributed by atoms with van der Waals surface area (Å²) < 4.78 is 42.5. The van der Waals surface area contributed by atoms with E-state index in [0.29, 0.717) is 19.5 Å². The van der Waals surface area contributed by atoms with Crippen molar-refractivity contribution in [2.45, 2.75) is 37.6 Å². The average molecular weight is 467 g/mol. The third kappa shape index (κ3) is 3.59. The highest BCUT2D eigenvalue weighted by atomic mass is 35.5. The van der Waals surface area contributed by atoms with Crippen LogP contribution < -0.4 is 5.32 Å². The number of carbonyl (C=O) groups excluding carboxylic acids is 1. The average Bonchev–Trinajstić information content (AvgIpc) is 3.40. The van der Waals surface area contributed by atoms with E-state index >= 15 is 0 Å². The first-order chi connectivity index (χ1) is 14.8. The van der Waals surface area contributed by atoms with Gasteiger partial charge in [0, 0.05) is 24.4 Å². The predicted molar refractivity (Wildman–Crippen MR) is 113 cm³/mol. The van der Waals surface area contributed by atoms with Gasteiger partial charge in [0.05, 0.1) is 6.04 Å². The molecule has 162 valence electrons. The maximum absolute atomic E-state index is 13.9. The molecule has 4 heterocycles. The number of benzene rings is 1. The van der Waals surface area contributed by atoms with Gasteiger partial charge in [-0.1, -0.05) is 41.9 Å². The summed E-state index contributed by atoms with van der Waals surface area (Å²) >= 11 is 7.82. The van der Waals surface area contributed by atoms with Gasteiger partial charge in [-0.05, 0) is 29.0 Å². The van der Waals surface area contributed by atoms with E-state index in [1.54, 1.807) is 17.0 Å². The molecule has 2 aliphatic rings. The Morgan fingerprint density at radius 2 is 1.97 bits per heavy atom. The number of alkyl halides is 3. The number of hydrogen-bond donors (Lipinski definition) is 1. The molecule has 0 fully saturated rings. The maximum Gasteiger partial charge on any atom is 0.410 e. The minimum atomic E-state index is -4.52. The number of thiophene rings is 1. The second-order valence-corrected chi connectivity index (χ2v) is 9.06. The summed E-state index contributed by atoms with van der Waals surface area (Å²) in [6.45, 7) is 0.837. The first-order valence-electron chi connectivity index (χ1n) is 9.83. The predicted octanol–water partition coefficient (Wildman–Crippen LogP) is 5.46. The highest BCUT2D eigenvalue weighted by Gasteiger charge is 2.48. The van der Waals surface area contributed by atoms with Gasteiger partial charge in [-0.25, -0.2) is 4.68 Å². The molecule has 1 aromatic carbocycles. The van der Waals surface area contributed by atoms with Crippen LogP contribution in [0.4, 0.5) is 19.0 Å². The zero-order valence-corrected chi connectivity index (χ0v) is 17.8. The lowest BCUT2D eigenvalue weighted by molar-refractivity contribution is -0.173. The van der Waals surface area contributed by atoms with Crippen molar-refractivity contribution in [2.24, 2.45) is 0 Å². The molecular weight excluding hydrogens is 449 g/mol. The van der Waals surface area contributed by atoms with Crippen LogP contribution >= 0.6 is 22.9 Å². The van der Waals surface area contributed by atoms with E-state index < -0.39 is 24.2 Å². The lowest BCUT2D eigenvalue weighted by Gasteiger charge is -2.32. The molecule has 0 bridgehead atoms. The fraction of sp³-hybridized carbons (Fsp3) is 0.333. The number of anilines is 1. The molecule has 2 aliphatic heterocycles. The Kier molecular flexibility index (Phi) is 4.97. The van der Waals surface area contributed by atoms with Crippen molar-refractivity contribution in [3.63, 3.8) is 0 Å². The van der Waals surface area contributed by atoms with Crippen molar-refractivity contribution < 1.29 is 18.0 Å². The minimum Gasteiger partial charge on any atom is -0.361 e. The molecule has 0 spiro atoms. The van der Waals surface area contributed by atoms with E-state index in [4.69, 9.17) is 11.6 Å². The van der Waals surface area contributed by atoms with Crippen LogP contribution in [0.25, 0.3) is 0 Å². The number of fused-ring (bicyclic) bond motifs is 2. The summed E-state index contributed by atoms with van der Waals surface area (Å²) in [5.41, 5.74) is 2.04. The van der Waals surface area contributed by atoms with Crippen molar-refractivity contribution in [3.05, 3.63) is 68.5 Å². The summed E-state index contributed by atoms with van der Waals surface area (Å²) in [4.78, 5) is 15.5. The second kappa shape index (κ2) is 7.56. The number of halogens is 4. The van der Waals surface area contributed by atoms with E-state index in [0.717, 1.165) is 15.1 Å². The standard InChI is InChI=1S/C21H18ClF3N4OS/c22-17-18(20(30)28-8-7-12-4-1-2-5-13(12)11-28)27-29-16(21(23,24)25)10-14(26-19(17)29)15-6-3-9-31-15/h1-6,9,14,16,26H,7-8,10-11H2/t14-,16-/m1/s1. The highest BCUT2D eigenvalue weighted by Crippen LogP contribution is 2.47. The molecule has 0 unspecified atom stereocenters. The van der Waals surface area contributed by atoms with Gasteiger partial charge >= 0.3 is 6.18 Å². The van der Waals surface area contributed by atoms with Gasteiger partial charge < -0.3 is 10.2 Å². The summed E-state index contributed by atoms with van der Waals surface area (Å²) in [5.74, 6) is -0.425. The largest absolute Gasteiger partial charge is 0.410 e. The summed E-state index contributed by atoms with van der Waals surface area (Å²) in [6, 6.07) is 8.97. The number of carbonyl (C=O) groups is 1. The third-order valence-electron chi connectivity index (χ3n) is 5.80. The first-order valence-corrected chi connectivity index (χ1v) is 11.1. The van der Waals surface area contributed by atoms with Crippen LogP contribution in [0, 0.1) is 0 Å². The smallest absolute Gasteiger partial charge is 0.361 e. The van der Waals surface area contributed by atoms with Crippen LogP contribution in [0.15, 0.2) is 41.8 Å². The molecule has 0 saturated carbocycles. The van der Waals surface area contributed by atoms with Gasteiger partial charge in [-0.2, -0.15) is 18.3 Å². The number of nitrogens with one attached hydrogen (secondary N) is 1. The number of rotatable bonds is 2. The second-order valence-electron chi connectivity index (χ2n) is 7.71. The maximum atomic E-state index is 13.9. The Balaban J connectivity index is 1.49. The fourth-order valence-electron chi connectivity index (χ4n) is 4.22. The third-order valence-corrected chi connectivity index (χ3v) is 7.15. The Morgan fingerprint density at radius 3 is 2.68 bits per heavy atom. The van der Waals surface area contributed by atoms with Gasteiger partial charge in [0.15, 0.2) is 11.7 Å². The number of hydrogen-bond acceptors (Lipinski definition) is 4. The molecule has 1 N–H and O–H groups in total. The van der Waals surface area contributed by atoms with Crippen molar-refractivity contribution in [1.29, 1.82) is 0 Å². The van der Waals surface area contributed by atoms with Gasteiger partial charge in [0.1, 0.15) is 10.8 Å². The monoisotopic (exact) mass is 466 g/mol. The van der Waals surface area contributed by atoms with Crippen LogP contribution in [-0.4, -0.2) is 33.3 Å². The molecule has 2 aromatic heterocycles. The quantitative estimate of drug-likeness (QED) is 0.546. The van der Waals surface area contributed by atoms with Gasteiger partial charge in [-0.3, -0.25) is 4.79 Å². The Morgan fingerprint density at radius 1 is 1.19 bits per heavy atom. The van der Waals surface area contributed by atoms with Gasteiger partial charge in [0.25, 0.3) is 5.91 Å². The van der Waals surface area contributed by atoms with Crippen molar-refractivity contribution >= 4 is 34.7 Å². The molecule has 31 heavy (non-hydrogen) atoms. The van der Waals surface area contributed by atoms with Crippen LogP contribution in [0.2, 0.25) is 5.02 Å². The van der Waals surface area contributed by atoms with E-state index in [2.05, 4.69) is 10.4 Å². The highest BCUT2D eigenvalue weighted by molar-refractivity contribution is 7.10. The Labute approximate surface area is 185 Å². The molecule has 2 atom stereocenters. The van der Waals surface area contributed by atoms with E-state index in [1.807, 2.05) is 29.6 Å². The number of nitrogens with zero attached hydrogens (tertiary/aromatic N) is 3. The van der Waals surface area contributed by atoms with E-state index in [9.17, 15) is 18.0 Å². The molecular formula is C21H18ClF3N4OS. The van der Waals surface area contributed by atoms with E-state index in [1.165, 1.54) is 16.9 Å². The molecule has 0 aliphatic carbocycles. The normalized spacial score (nSPS) is 20.7. The molecule has 1 amide bonds. The summed E-state index contributed by atoms with van der Waals surface area (Å²) in [6.07, 6.45) is -4.07. The molecule has 10 heteroatoms. The Bertz CT molecular complexity index is 1130. The molecule has 5 rings (SSSR count). The molecule has 0 radical (unpaired) electrons. The lowest BCUT2D eigenvalue weighted by Crippen LogP contribution is -2.37. The van der Waals surface area contributed by atoms with Gasteiger partial charge in [-0.15, -0.1) is 11.3 Å². The zero-order valence-electron chi connectivity index (χ0n) is 16.2. The van der Waals surface area contributed by atoms with Crippen LogP contribution in [0.1, 0.15) is 45.0 Å². The summed E-state index contributed by atoms with van der Waals surface area (Å²) in [7, 11) is 0. The molecule has 5 nitrogen and oxygen atoms in total.